The van der Waals surface area contributed by atoms with Crippen LogP contribution < -0.4 is 10.6 Å². The molecule has 2 heterocycles. The Labute approximate surface area is 110 Å². The average molecular weight is 254 g/mol. The SMILES string of the molecule is C1CNC(C2CCCC2NCC2CCSC2)C1. The van der Waals surface area contributed by atoms with Crippen molar-refractivity contribution in [3.8, 4) is 0 Å². The monoisotopic (exact) mass is 254 g/mol. The van der Waals surface area contributed by atoms with Crippen LogP contribution in [0, 0.1) is 11.8 Å². The molecule has 0 aromatic rings. The molecule has 4 unspecified atom stereocenters. The molecule has 0 aromatic heterocycles. The molecule has 1 saturated carbocycles. The number of hydrogen-bond acceptors (Lipinski definition) is 3. The van der Waals surface area contributed by atoms with Gasteiger partial charge in [-0.25, -0.2) is 0 Å². The second kappa shape index (κ2) is 5.94. The van der Waals surface area contributed by atoms with Gasteiger partial charge in [0.25, 0.3) is 0 Å². The van der Waals surface area contributed by atoms with E-state index < -0.39 is 0 Å². The Morgan fingerprint density at radius 2 is 2.12 bits per heavy atom. The van der Waals surface area contributed by atoms with Gasteiger partial charge in [0.1, 0.15) is 0 Å². The minimum atomic E-state index is 0.816. The summed E-state index contributed by atoms with van der Waals surface area (Å²) < 4.78 is 0. The molecule has 98 valence electrons. The lowest BCUT2D eigenvalue weighted by Gasteiger charge is -2.27. The highest BCUT2D eigenvalue weighted by molar-refractivity contribution is 7.99. The van der Waals surface area contributed by atoms with E-state index in [-0.39, 0.29) is 0 Å². The van der Waals surface area contributed by atoms with Crippen LogP contribution in [0.3, 0.4) is 0 Å². The first-order chi connectivity index (χ1) is 8.43. The number of thioether (sulfide) groups is 1. The van der Waals surface area contributed by atoms with Gasteiger partial charge in [-0.05, 0) is 68.5 Å². The fraction of sp³-hybridized carbons (Fsp3) is 1.00. The molecule has 0 spiro atoms. The minimum absolute atomic E-state index is 0.816. The van der Waals surface area contributed by atoms with E-state index in [2.05, 4.69) is 22.4 Å². The van der Waals surface area contributed by atoms with Crippen molar-refractivity contribution in [2.24, 2.45) is 11.8 Å². The molecule has 3 heteroatoms. The highest BCUT2D eigenvalue weighted by Gasteiger charge is 2.34. The van der Waals surface area contributed by atoms with E-state index in [4.69, 9.17) is 0 Å². The van der Waals surface area contributed by atoms with Gasteiger partial charge >= 0.3 is 0 Å². The van der Waals surface area contributed by atoms with Crippen molar-refractivity contribution in [3.63, 3.8) is 0 Å². The van der Waals surface area contributed by atoms with Crippen LogP contribution in [0.5, 0.6) is 0 Å². The molecule has 3 fully saturated rings. The summed E-state index contributed by atoms with van der Waals surface area (Å²) in [5.74, 6) is 4.67. The first-order valence-electron chi connectivity index (χ1n) is 7.48. The summed E-state index contributed by atoms with van der Waals surface area (Å²) in [6.45, 7) is 2.54. The molecule has 0 bridgehead atoms. The predicted octanol–water partition coefficient (Wildman–Crippen LogP) is 2.25. The molecule has 0 radical (unpaired) electrons. The highest BCUT2D eigenvalue weighted by atomic mass is 32.2. The summed E-state index contributed by atoms with van der Waals surface area (Å²) in [4.78, 5) is 0. The molecule has 2 nitrogen and oxygen atoms in total. The second-order valence-corrected chi connectivity index (χ2v) is 7.19. The van der Waals surface area contributed by atoms with Crippen LogP contribution in [-0.4, -0.2) is 36.7 Å². The van der Waals surface area contributed by atoms with Crippen LogP contribution in [-0.2, 0) is 0 Å². The fourth-order valence-corrected chi connectivity index (χ4v) is 5.15. The van der Waals surface area contributed by atoms with Crippen molar-refractivity contribution in [1.82, 2.24) is 10.6 Å². The Balaban J connectivity index is 1.47. The van der Waals surface area contributed by atoms with Crippen LogP contribution >= 0.6 is 11.8 Å². The molecule has 0 aromatic carbocycles. The lowest BCUT2D eigenvalue weighted by molar-refractivity contribution is 0.310. The summed E-state index contributed by atoms with van der Waals surface area (Å²) in [6, 6.07) is 1.64. The number of rotatable bonds is 4. The van der Waals surface area contributed by atoms with Gasteiger partial charge in [-0.3, -0.25) is 0 Å². The van der Waals surface area contributed by atoms with Gasteiger partial charge in [-0.15, -0.1) is 0 Å². The Kier molecular flexibility index (Phi) is 4.30. The minimum Gasteiger partial charge on any atom is -0.314 e. The molecular formula is C14H26N2S. The predicted molar refractivity (Wildman–Crippen MR) is 75.6 cm³/mol. The fourth-order valence-electron chi connectivity index (χ4n) is 3.86. The molecule has 2 N–H and O–H groups in total. The van der Waals surface area contributed by atoms with Crippen molar-refractivity contribution in [2.75, 3.05) is 24.6 Å². The second-order valence-electron chi connectivity index (χ2n) is 6.04. The molecule has 4 atom stereocenters. The van der Waals surface area contributed by atoms with Crippen LogP contribution in [0.2, 0.25) is 0 Å². The van der Waals surface area contributed by atoms with Gasteiger partial charge in [0.05, 0.1) is 0 Å². The maximum Gasteiger partial charge on any atom is 0.0111 e. The molecule has 2 aliphatic heterocycles. The van der Waals surface area contributed by atoms with E-state index in [1.54, 1.807) is 0 Å². The van der Waals surface area contributed by atoms with Gasteiger partial charge in [0, 0.05) is 12.1 Å². The van der Waals surface area contributed by atoms with E-state index in [9.17, 15) is 0 Å². The van der Waals surface area contributed by atoms with E-state index in [1.807, 2.05) is 0 Å². The first-order valence-corrected chi connectivity index (χ1v) is 8.63. The zero-order valence-electron chi connectivity index (χ0n) is 10.8. The Hall–Kier alpha value is 0.270. The molecule has 2 saturated heterocycles. The van der Waals surface area contributed by atoms with Crippen molar-refractivity contribution in [3.05, 3.63) is 0 Å². The van der Waals surface area contributed by atoms with Crippen LogP contribution in [0.4, 0.5) is 0 Å². The van der Waals surface area contributed by atoms with E-state index >= 15 is 0 Å². The molecule has 3 rings (SSSR count). The Morgan fingerprint density at radius 1 is 1.12 bits per heavy atom. The van der Waals surface area contributed by atoms with E-state index in [0.29, 0.717) is 0 Å². The molecule has 17 heavy (non-hydrogen) atoms. The van der Waals surface area contributed by atoms with Crippen LogP contribution in [0.15, 0.2) is 0 Å². The molecule has 0 amide bonds. The van der Waals surface area contributed by atoms with Crippen LogP contribution in [0.25, 0.3) is 0 Å². The highest BCUT2D eigenvalue weighted by Crippen LogP contribution is 2.32. The number of hydrogen-bond donors (Lipinski definition) is 2. The topological polar surface area (TPSA) is 24.1 Å². The summed E-state index contributed by atoms with van der Waals surface area (Å²) in [7, 11) is 0. The maximum atomic E-state index is 3.90. The van der Waals surface area contributed by atoms with Crippen molar-refractivity contribution < 1.29 is 0 Å². The van der Waals surface area contributed by atoms with Gasteiger partial charge in [0.2, 0.25) is 0 Å². The van der Waals surface area contributed by atoms with E-state index in [1.165, 1.54) is 63.1 Å². The summed E-state index contributed by atoms with van der Waals surface area (Å²) in [5.41, 5.74) is 0. The Morgan fingerprint density at radius 3 is 2.88 bits per heavy atom. The average Bonchev–Trinajstić information content (AvgIpc) is 3.09. The zero-order valence-corrected chi connectivity index (χ0v) is 11.6. The number of nitrogens with one attached hydrogen (secondary N) is 2. The van der Waals surface area contributed by atoms with Gasteiger partial charge in [-0.1, -0.05) is 6.42 Å². The molecule has 3 aliphatic rings. The smallest absolute Gasteiger partial charge is 0.0111 e. The van der Waals surface area contributed by atoms with Gasteiger partial charge in [-0.2, -0.15) is 11.8 Å². The molecular weight excluding hydrogens is 228 g/mol. The summed E-state index contributed by atoms with van der Waals surface area (Å²) in [6.07, 6.45) is 8.57. The summed E-state index contributed by atoms with van der Waals surface area (Å²) >= 11 is 2.14. The van der Waals surface area contributed by atoms with Gasteiger partial charge < -0.3 is 10.6 Å². The largest absolute Gasteiger partial charge is 0.314 e. The zero-order chi connectivity index (χ0) is 11.5. The van der Waals surface area contributed by atoms with Crippen molar-refractivity contribution in [2.45, 2.75) is 50.6 Å². The van der Waals surface area contributed by atoms with Crippen molar-refractivity contribution >= 4 is 11.8 Å². The third kappa shape index (κ3) is 2.99. The third-order valence-electron chi connectivity index (χ3n) is 4.88. The first kappa shape index (κ1) is 12.3. The maximum absolute atomic E-state index is 3.90. The normalized spacial score (nSPS) is 42.4. The lowest BCUT2D eigenvalue weighted by atomic mass is 9.92. The summed E-state index contributed by atoms with van der Waals surface area (Å²) in [5, 5.41) is 7.61. The van der Waals surface area contributed by atoms with Crippen molar-refractivity contribution in [1.29, 1.82) is 0 Å². The van der Waals surface area contributed by atoms with E-state index in [0.717, 1.165) is 23.9 Å². The molecule has 1 aliphatic carbocycles. The Bertz CT molecular complexity index is 234. The quantitative estimate of drug-likeness (QED) is 0.805. The lowest BCUT2D eigenvalue weighted by Crippen LogP contribution is -2.43. The van der Waals surface area contributed by atoms with Crippen LogP contribution in [0.1, 0.15) is 38.5 Å². The standard InChI is InChI=1S/C14H26N2S/c1-3-12(13-5-2-7-15-13)14(4-1)16-9-11-6-8-17-10-11/h11-16H,1-10H2. The van der Waals surface area contributed by atoms with Gasteiger partial charge in [0.15, 0.2) is 0 Å². The third-order valence-corrected chi connectivity index (χ3v) is 6.11.